The third-order valence-electron chi connectivity index (χ3n) is 6.06. The zero-order chi connectivity index (χ0) is 20.9. The average molecular weight is 414 g/mol. The van der Waals surface area contributed by atoms with Crippen molar-refractivity contribution < 1.29 is 22.8 Å². The van der Waals surface area contributed by atoms with Gasteiger partial charge in [0.2, 0.25) is 5.91 Å². The van der Waals surface area contributed by atoms with E-state index in [0.717, 1.165) is 25.0 Å². The minimum Gasteiger partial charge on any atom is -0.343 e. The van der Waals surface area contributed by atoms with Crippen LogP contribution < -0.4 is 5.32 Å². The van der Waals surface area contributed by atoms with E-state index in [4.69, 9.17) is 0 Å². The number of carbonyl (C=O) groups is 2. The van der Waals surface area contributed by atoms with Crippen LogP contribution in [-0.2, 0) is 4.79 Å². The van der Waals surface area contributed by atoms with Crippen LogP contribution in [0.4, 0.5) is 13.2 Å². The lowest BCUT2D eigenvalue weighted by Crippen LogP contribution is -2.38. The van der Waals surface area contributed by atoms with Crippen LogP contribution in [0.3, 0.4) is 0 Å². The van der Waals surface area contributed by atoms with Crippen molar-refractivity contribution in [1.82, 2.24) is 20.4 Å². The van der Waals surface area contributed by atoms with Crippen molar-refractivity contribution in [3.05, 3.63) is 17.5 Å². The molecule has 0 spiro atoms. The fourth-order valence-corrected chi connectivity index (χ4v) is 4.33. The summed E-state index contributed by atoms with van der Waals surface area (Å²) in [4.78, 5) is 26.2. The van der Waals surface area contributed by atoms with E-state index in [1.54, 1.807) is 0 Å². The number of aromatic amines is 1. The van der Waals surface area contributed by atoms with Gasteiger partial charge in [-0.3, -0.25) is 14.7 Å². The molecule has 3 rings (SSSR count). The number of alkyl halides is 3. The molecule has 1 aromatic rings. The van der Waals surface area contributed by atoms with Crippen molar-refractivity contribution in [1.29, 1.82) is 0 Å². The Labute approximate surface area is 168 Å². The lowest BCUT2D eigenvalue weighted by atomic mass is 9.86. The zero-order valence-corrected chi connectivity index (χ0v) is 16.6. The lowest BCUT2D eigenvalue weighted by Gasteiger charge is -2.32. The smallest absolute Gasteiger partial charge is 0.343 e. The highest BCUT2D eigenvalue weighted by atomic mass is 19.4. The topological polar surface area (TPSA) is 78.1 Å². The fourth-order valence-electron chi connectivity index (χ4n) is 4.33. The maximum atomic E-state index is 12.5. The predicted molar refractivity (Wildman–Crippen MR) is 101 cm³/mol. The van der Waals surface area contributed by atoms with Gasteiger partial charge in [0.15, 0.2) is 0 Å². The fraction of sp³-hybridized carbons (Fsp3) is 0.750. The third-order valence-corrected chi connectivity index (χ3v) is 6.06. The molecule has 0 radical (unpaired) electrons. The molecule has 9 heteroatoms. The van der Waals surface area contributed by atoms with Gasteiger partial charge in [-0.2, -0.15) is 18.3 Å². The summed E-state index contributed by atoms with van der Waals surface area (Å²) >= 11 is 0. The number of likely N-dealkylation sites (tertiary alicyclic amines) is 1. The van der Waals surface area contributed by atoms with Gasteiger partial charge in [0.25, 0.3) is 5.91 Å². The van der Waals surface area contributed by atoms with Crippen LogP contribution in [0.5, 0.6) is 0 Å². The van der Waals surface area contributed by atoms with E-state index in [2.05, 4.69) is 10.2 Å². The second-order valence-corrected chi connectivity index (χ2v) is 8.20. The minimum absolute atomic E-state index is 0.0461. The number of hydrogen-bond donors (Lipinski definition) is 2. The van der Waals surface area contributed by atoms with E-state index >= 15 is 0 Å². The highest BCUT2D eigenvalue weighted by molar-refractivity contribution is 5.92. The molecule has 2 heterocycles. The summed E-state index contributed by atoms with van der Waals surface area (Å²) in [7, 11) is 0. The number of H-pyrrole nitrogens is 1. The van der Waals surface area contributed by atoms with Crippen molar-refractivity contribution in [3.8, 4) is 0 Å². The van der Waals surface area contributed by atoms with Gasteiger partial charge >= 0.3 is 6.18 Å². The molecule has 2 N–H and O–H groups in total. The Hall–Kier alpha value is -2.06. The van der Waals surface area contributed by atoms with Gasteiger partial charge in [-0.25, -0.2) is 0 Å². The summed E-state index contributed by atoms with van der Waals surface area (Å²) in [5.74, 6) is 0.178. The number of nitrogens with one attached hydrogen (secondary N) is 2. The number of rotatable bonds is 6. The van der Waals surface area contributed by atoms with Crippen molar-refractivity contribution in [2.24, 2.45) is 5.92 Å². The molecule has 29 heavy (non-hydrogen) atoms. The van der Waals surface area contributed by atoms with E-state index in [1.807, 2.05) is 10.2 Å². The molecule has 1 aliphatic heterocycles. The maximum absolute atomic E-state index is 12.5. The van der Waals surface area contributed by atoms with Crippen LogP contribution in [0.2, 0.25) is 0 Å². The van der Waals surface area contributed by atoms with Gasteiger partial charge < -0.3 is 10.2 Å². The largest absolute Gasteiger partial charge is 0.405 e. The molecule has 0 aromatic carbocycles. The summed E-state index contributed by atoms with van der Waals surface area (Å²) in [6, 6.07) is 1.51. The number of amides is 2. The quantitative estimate of drug-likeness (QED) is 0.744. The van der Waals surface area contributed by atoms with Crippen LogP contribution >= 0.6 is 0 Å². The normalized spacial score (nSPS) is 19.3. The van der Waals surface area contributed by atoms with Crippen LogP contribution in [0.1, 0.15) is 79.9 Å². The van der Waals surface area contributed by atoms with E-state index in [1.165, 1.54) is 38.2 Å². The highest BCUT2D eigenvalue weighted by Crippen LogP contribution is 2.30. The van der Waals surface area contributed by atoms with Gasteiger partial charge in [0.05, 0.1) is 0 Å². The van der Waals surface area contributed by atoms with Gasteiger partial charge in [0.1, 0.15) is 12.2 Å². The maximum Gasteiger partial charge on any atom is 0.405 e. The molecule has 1 saturated heterocycles. The first-order valence-corrected chi connectivity index (χ1v) is 10.5. The number of aromatic nitrogens is 2. The lowest BCUT2D eigenvalue weighted by molar-refractivity contribution is -0.132. The Morgan fingerprint density at radius 2 is 1.83 bits per heavy atom. The molecule has 6 nitrogen and oxygen atoms in total. The van der Waals surface area contributed by atoms with Crippen molar-refractivity contribution >= 4 is 11.8 Å². The third kappa shape index (κ3) is 6.47. The van der Waals surface area contributed by atoms with Gasteiger partial charge in [-0.1, -0.05) is 32.1 Å². The summed E-state index contributed by atoms with van der Waals surface area (Å²) in [5.41, 5.74) is 0.687. The van der Waals surface area contributed by atoms with Crippen LogP contribution in [0, 0.1) is 5.92 Å². The van der Waals surface area contributed by atoms with Gasteiger partial charge in [-0.05, 0) is 31.2 Å². The summed E-state index contributed by atoms with van der Waals surface area (Å²) in [6.45, 7) is -0.0685. The predicted octanol–water partition coefficient (Wildman–Crippen LogP) is 3.77. The Bertz CT molecular complexity index is 690. The Kier molecular flexibility index (Phi) is 7.18. The molecule has 0 bridgehead atoms. The van der Waals surface area contributed by atoms with E-state index in [0.29, 0.717) is 25.4 Å². The van der Waals surface area contributed by atoms with Crippen molar-refractivity contribution in [3.63, 3.8) is 0 Å². The second kappa shape index (κ2) is 9.63. The van der Waals surface area contributed by atoms with Crippen LogP contribution in [0.15, 0.2) is 6.07 Å². The standard InChI is InChI=1S/C20H29F3N4O2/c21-20(22,23)13-24-19(29)17-12-16(25-26-17)15-8-10-27(11-9-15)18(28)7-6-14-4-2-1-3-5-14/h12,14-15H,1-11,13H2,(H,24,29)(H,25,26). The number of hydrogen-bond acceptors (Lipinski definition) is 3. The van der Waals surface area contributed by atoms with E-state index < -0.39 is 18.6 Å². The van der Waals surface area contributed by atoms with Crippen molar-refractivity contribution in [2.75, 3.05) is 19.6 Å². The number of halogens is 3. The first kappa shape index (κ1) is 21.6. The SMILES string of the molecule is O=C(NCC(F)(F)F)c1cc(C2CCN(C(=O)CCC3CCCCC3)CC2)[nH]n1. The molecule has 162 valence electrons. The van der Waals surface area contributed by atoms with Crippen molar-refractivity contribution in [2.45, 2.75) is 69.9 Å². The molecule has 1 saturated carbocycles. The molecule has 2 aliphatic rings. The molecule has 1 aliphatic carbocycles. The summed E-state index contributed by atoms with van der Waals surface area (Å²) in [6.07, 6.45) is 5.01. The molecule has 2 fully saturated rings. The minimum atomic E-state index is -4.45. The molecular formula is C20H29F3N4O2. The van der Waals surface area contributed by atoms with Gasteiger partial charge in [0, 0.05) is 31.1 Å². The first-order chi connectivity index (χ1) is 13.8. The summed E-state index contributed by atoms with van der Waals surface area (Å²) in [5, 5.41) is 8.43. The van der Waals surface area contributed by atoms with Gasteiger partial charge in [-0.15, -0.1) is 0 Å². The highest BCUT2D eigenvalue weighted by Gasteiger charge is 2.29. The molecule has 0 atom stereocenters. The monoisotopic (exact) mass is 414 g/mol. The molecule has 1 aromatic heterocycles. The first-order valence-electron chi connectivity index (χ1n) is 10.5. The second-order valence-electron chi connectivity index (χ2n) is 8.20. The van der Waals surface area contributed by atoms with E-state index in [9.17, 15) is 22.8 Å². The number of piperidine rings is 1. The van der Waals surface area contributed by atoms with E-state index in [-0.39, 0.29) is 17.5 Å². The Morgan fingerprint density at radius 1 is 1.14 bits per heavy atom. The number of nitrogens with zero attached hydrogens (tertiary/aromatic N) is 2. The summed E-state index contributed by atoms with van der Waals surface area (Å²) < 4.78 is 36.6. The van der Waals surface area contributed by atoms with Crippen LogP contribution in [0.25, 0.3) is 0 Å². The number of carbonyl (C=O) groups excluding carboxylic acids is 2. The average Bonchev–Trinajstić information content (AvgIpc) is 3.21. The molecule has 2 amide bonds. The zero-order valence-electron chi connectivity index (χ0n) is 16.6. The Balaban J connectivity index is 1.42. The van der Waals surface area contributed by atoms with Crippen LogP contribution in [-0.4, -0.2) is 52.7 Å². The molecule has 0 unspecified atom stereocenters. The molecular weight excluding hydrogens is 385 g/mol. The Morgan fingerprint density at radius 3 is 2.48 bits per heavy atom.